The molecule has 11 nitrogen and oxygen atoms in total. The first-order chi connectivity index (χ1) is 20.6. The number of carbonyl (C=O) groups is 3. The molecular formula is C33H45N4O7-. The summed E-state index contributed by atoms with van der Waals surface area (Å²) in [6.45, 7) is 16.3. The van der Waals surface area contributed by atoms with Crippen molar-refractivity contribution in [1.82, 2.24) is 20.8 Å². The largest absolute Gasteiger partial charge is 0.770 e. The van der Waals surface area contributed by atoms with Gasteiger partial charge in [0.25, 0.3) is 0 Å². The highest BCUT2D eigenvalue weighted by Gasteiger charge is 2.62. The summed E-state index contributed by atoms with van der Waals surface area (Å²) in [4.78, 5) is 39.7. The van der Waals surface area contributed by atoms with Gasteiger partial charge in [-0.3, -0.25) is 9.97 Å². The van der Waals surface area contributed by atoms with Crippen molar-refractivity contribution < 1.29 is 28.6 Å². The Bertz CT molecular complexity index is 1380. The van der Waals surface area contributed by atoms with E-state index in [1.165, 1.54) is 5.01 Å². The van der Waals surface area contributed by atoms with Crippen LogP contribution in [0.5, 0.6) is 5.75 Å². The summed E-state index contributed by atoms with van der Waals surface area (Å²) in [7, 11) is 0. The zero-order valence-corrected chi connectivity index (χ0v) is 26.7. The summed E-state index contributed by atoms with van der Waals surface area (Å²) in [6, 6.07) is 12.5. The Morgan fingerprint density at radius 3 is 2.43 bits per heavy atom. The molecule has 5 atom stereocenters. The number of benzene rings is 2. The summed E-state index contributed by atoms with van der Waals surface area (Å²) in [6.07, 6.45) is -0.260. The summed E-state index contributed by atoms with van der Waals surface area (Å²) in [5, 5.41) is 23.7. The van der Waals surface area contributed by atoms with Crippen molar-refractivity contribution in [2.75, 3.05) is 13.2 Å². The molecule has 0 unspecified atom stereocenters. The Morgan fingerprint density at radius 1 is 1.14 bits per heavy atom. The van der Waals surface area contributed by atoms with Crippen molar-refractivity contribution in [2.45, 2.75) is 90.8 Å². The van der Waals surface area contributed by atoms with Crippen LogP contribution in [0.15, 0.2) is 55.1 Å². The normalized spacial score (nSPS) is 24.4. The predicted octanol–water partition coefficient (Wildman–Crippen LogP) is 4.90. The van der Waals surface area contributed by atoms with Crippen LogP contribution in [0.25, 0.3) is 10.8 Å². The van der Waals surface area contributed by atoms with Crippen LogP contribution in [-0.4, -0.2) is 70.8 Å². The molecular weight excluding hydrogens is 564 g/mol. The minimum Gasteiger partial charge on any atom is -0.770 e. The van der Waals surface area contributed by atoms with Gasteiger partial charge in [-0.2, -0.15) is 0 Å². The lowest BCUT2D eigenvalue weighted by Crippen LogP contribution is -2.62. The highest BCUT2D eigenvalue weighted by molar-refractivity contribution is 5.94. The van der Waals surface area contributed by atoms with E-state index in [9.17, 15) is 19.6 Å². The van der Waals surface area contributed by atoms with Crippen molar-refractivity contribution in [3.63, 3.8) is 0 Å². The molecule has 2 amide bonds. The van der Waals surface area contributed by atoms with Crippen LogP contribution >= 0.6 is 0 Å². The molecule has 2 fully saturated rings. The molecule has 4 rings (SSSR count). The highest BCUT2D eigenvalue weighted by atomic mass is 16.6. The summed E-state index contributed by atoms with van der Waals surface area (Å²) >= 11 is 0. The molecule has 0 radical (unpaired) electrons. The van der Waals surface area contributed by atoms with Gasteiger partial charge in [-0.1, -0.05) is 63.2 Å². The average Bonchev–Trinajstić information content (AvgIpc) is 3.49. The predicted molar refractivity (Wildman–Crippen MR) is 167 cm³/mol. The van der Waals surface area contributed by atoms with Crippen LogP contribution in [0.1, 0.15) is 61.3 Å². The fourth-order valence-electron chi connectivity index (χ4n) is 5.54. The maximum absolute atomic E-state index is 14.2. The number of fused-ring (bicyclic) bond motifs is 1. The van der Waals surface area contributed by atoms with Gasteiger partial charge in [-0.15, -0.1) is 6.58 Å². The summed E-state index contributed by atoms with van der Waals surface area (Å²) in [5.41, 5.74) is -2.77. The SMILES string of the molecule is C=C[C@@H]1C[C@]1(NC(=O)[C@@H]1C[C@@H](Oc2cccc3ccccc23)CN1N([O-])[C@@H](NC(=O)OC(C)(C)C)C(C)(C)C)C(=O)OCC. The number of nitrogens with zero attached hydrogens (tertiary/aromatic N) is 2. The number of hydroxylamine groups is 1. The van der Waals surface area contributed by atoms with Crippen LogP contribution in [-0.2, 0) is 19.1 Å². The molecule has 1 saturated carbocycles. The van der Waals surface area contributed by atoms with Crippen molar-refractivity contribution >= 4 is 28.7 Å². The van der Waals surface area contributed by atoms with Gasteiger partial charge in [0.05, 0.1) is 19.3 Å². The van der Waals surface area contributed by atoms with E-state index in [4.69, 9.17) is 14.2 Å². The number of esters is 1. The highest BCUT2D eigenvalue weighted by Crippen LogP contribution is 2.46. The second-order valence-electron chi connectivity index (χ2n) is 13.5. The first kappa shape index (κ1) is 33.2. The van der Waals surface area contributed by atoms with Crippen LogP contribution < -0.4 is 15.4 Å². The number of amides is 2. The Hall–Kier alpha value is -3.67. The van der Waals surface area contributed by atoms with Crippen molar-refractivity contribution in [3.8, 4) is 5.75 Å². The van der Waals surface area contributed by atoms with Crippen LogP contribution in [0.3, 0.4) is 0 Å². The van der Waals surface area contributed by atoms with Gasteiger partial charge in [0.15, 0.2) is 0 Å². The third-order valence-corrected chi connectivity index (χ3v) is 7.82. The number of ether oxygens (including phenoxy) is 3. The third-order valence-electron chi connectivity index (χ3n) is 7.82. The minimum atomic E-state index is -1.24. The van der Waals surface area contributed by atoms with E-state index in [1.807, 2.05) is 63.2 Å². The Kier molecular flexibility index (Phi) is 9.63. The second kappa shape index (κ2) is 12.7. The lowest BCUT2D eigenvalue weighted by atomic mass is 9.92. The van der Waals surface area contributed by atoms with E-state index in [0.29, 0.717) is 17.3 Å². The van der Waals surface area contributed by atoms with Gasteiger partial charge in [0.2, 0.25) is 5.91 Å². The van der Waals surface area contributed by atoms with Crippen molar-refractivity contribution in [3.05, 3.63) is 60.3 Å². The quantitative estimate of drug-likeness (QED) is 0.167. The first-order valence-corrected chi connectivity index (χ1v) is 15.1. The summed E-state index contributed by atoms with van der Waals surface area (Å²) in [5.74, 6) is -0.716. The lowest BCUT2D eigenvalue weighted by Gasteiger charge is -2.50. The zero-order chi connectivity index (χ0) is 32.4. The van der Waals surface area contributed by atoms with E-state index < -0.39 is 52.8 Å². The molecule has 1 heterocycles. The number of rotatable bonds is 10. The van der Waals surface area contributed by atoms with E-state index in [0.717, 1.165) is 10.8 Å². The molecule has 44 heavy (non-hydrogen) atoms. The van der Waals surface area contributed by atoms with E-state index in [-0.39, 0.29) is 25.5 Å². The van der Waals surface area contributed by atoms with Crippen LogP contribution in [0.2, 0.25) is 0 Å². The van der Waals surface area contributed by atoms with E-state index in [2.05, 4.69) is 17.2 Å². The van der Waals surface area contributed by atoms with Crippen LogP contribution in [0, 0.1) is 16.5 Å². The number of hydrogen-bond donors (Lipinski definition) is 2. The standard InChI is InChI=1S/C33H45N4O7/c1-9-22-19-33(22,29(39)42-10-2)35-27(38)25-18-23(43-26-17-13-15-21-14-11-12-16-24(21)26)20-36(25)37(41)28(31(3,4)5)34-30(40)44-32(6,7)8/h9,11-17,22-23,25,28H,1,10,18-20H2,2-8H3,(H,34,40)(H,35,38)/q-1/t22-,23-,25+,28-,33-/m1/s1. The molecule has 11 heteroatoms. The van der Waals surface area contributed by atoms with Gasteiger partial charge < -0.3 is 30.1 Å². The Labute approximate surface area is 259 Å². The molecule has 2 aliphatic rings. The minimum absolute atomic E-state index is 0.0602. The topological polar surface area (TPSA) is 132 Å². The maximum atomic E-state index is 14.2. The van der Waals surface area contributed by atoms with Gasteiger partial charge in [-0.25, -0.2) is 14.6 Å². The molecule has 0 aromatic heterocycles. The molecule has 2 aromatic rings. The molecule has 0 spiro atoms. The van der Waals surface area contributed by atoms with Crippen LogP contribution in [0.4, 0.5) is 4.79 Å². The number of hydrazine groups is 1. The maximum Gasteiger partial charge on any atom is 0.408 e. The number of hydrogen-bond acceptors (Lipinski definition) is 9. The lowest BCUT2D eigenvalue weighted by molar-refractivity contribution is -0.151. The van der Waals surface area contributed by atoms with E-state index in [1.54, 1.807) is 33.8 Å². The average molecular weight is 610 g/mol. The number of alkyl carbamates (subject to hydrolysis) is 1. The smallest absolute Gasteiger partial charge is 0.408 e. The Balaban J connectivity index is 1.64. The number of carbonyl (C=O) groups excluding carboxylic acids is 3. The fraction of sp³-hybridized carbons (Fsp3) is 0.545. The van der Waals surface area contributed by atoms with Crippen molar-refractivity contribution in [1.29, 1.82) is 0 Å². The molecule has 240 valence electrons. The second-order valence-corrected chi connectivity index (χ2v) is 13.5. The molecule has 1 aliphatic carbocycles. The van der Waals surface area contributed by atoms with Gasteiger partial charge >= 0.3 is 12.1 Å². The monoisotopic (exact) mass is 609 g/mol. The van der Waals surface area contributed by atoms with Gasteiger partial charge in [0.1, 0.15) is 29.0 Å². The fourth-order valence-corrected chi connectivity index (χ4v) is 5.54. The number of nitrogens with one attached hydrogen (secondary N) is 2. The molecule has 0 bridgehead atoms. The Morgan fingerprint density at radius 2 is 1.82 bits per heavy atom. The van der Waals surface area contributed by atoms with Gasteiger partial charge in [-0.05, 0) is 51.0 Å². The molecule has 1 saturated heterocycles. The van der Waals surface area contributed by atoms with Gasteiger partial charge in [0, 0.05) is 17.7 Å². The molecule has 2 N–H and O–H groups in total. The molecule has 1 aliphatic heterocycles. The third kappa shape index (κ3) is 7.34. The summed E-state index contributed by atoms with van der Waals surface area (Å²) < 4.78 is 17.1. The van der Waals surface area contributed by atoms with E-state index >= 15 is 0 Å². The zero-order valence-electron chi connectivity index (χ0n) is 26.7. The van der Waals surface area contributed by atoms with Crippen molar-refractivity contribution in [2.24, 2.45) is 11.3 Å². The first-order valence-electron chi connectivity index (χ1n) is 15.1. The molecule has 2 aromatic carbocycles.